The lowest BCUT2D eigenvalue weighted by molar-refractivity contribution is 0.548. The zero-order valence-electron chi connectivity index (χ0n) is 13.1. The Hall–Kier alpha value is -2.14. The Morgan fingerprint density at radius 3 is 2.87 bits per heavy atom. The Kier molecular flexibility index (Phi) is 3.27. The molecule has 0 unspecified atom stereocenters. The monoisotopic (exact) mass is 328 g/mol. The molecule has 3 aromatic rings. The van der Waals surface area contributed by atoms with Gasteiger partial charge in [-0.15, -0.1) is 0 Å². The highest BCUT2D eigenvalue weighted by molar-refractivity contribution is 6.28. The van der Waals surface area contributed by atoms with E-state index < -0.39 is 0 Å². The molecule has 0 amide bonds. The standard InChI is InChI=1S/C17H17ClN4O/c1-10(2)22-14-9-12(13-5-6-19-16(18)20-13)8-11-4-3-7-21(15(11)14)17(22)23/h5-6,8-10H,3-4,7H2,1-2H3. The zero-order valence-corrected chi connectivity index (χ0v) is 13.8. The van der Waals surface area contributed by atoms with E-state index >= 15 is 0 Å². The lowest BCUT2D eigenvalue weighted by Gasteiger charge is -2.15. The summed E-state index contributed by atoms with van der Waals surface area (Å²) < 4.78 is 3.78. The second kappa shape index (κ2) is 5.20. The number of aryl methyl sites for hydroxylation is 2. The zero-order chi connectivity index (χ0) is 16.1. The van der Waals surface area contributed by atoms with Crippen molar-refractivity contribution >= 4 is 22.6 Å². The molecule has 0 spiro atoms. The number of imidazole rings is 1. The van der Waals surface area contributed by atoms with Crippen molar-refractivity contribution in [3.8, 4) is 11.3 Å². The average molecular weight is 329 g/mol. The quantitative estimate of drug-likeness (QED) is 0.677. The summed E-state index contributed by atoms with van der Waals surface area (Å²) in [5.41, 5.74) is 5.09. The molecule has 1 aliphatic rings. The second-order valence-electron chi connectivity index (χ2n) is 6.22. The molecule has 2 aromatic heterocycles. The highest BCUT2D eigenvalue weighted by Crippen LogP contribution is 2.31. The Morgan fingerprint density at radius 2 is 2.13 bits per heavy atom. The molecule has 1 aliphatic heterocycles. The molecule has 6 heteroatoms. The number of hydrogen-bond acceptors (Lipinski definition) is 3. The minimum atomic E-state index is 0.0776. The first kappa shape index (κ1) is 14.5. The fourth-order valence-corrected chi connectivity index (χ4v) is 3.62. The number of nitrogens with zero attached hydrogens (tertiary/aromatic N) is 4. The van der Waals surface area contributed by atoms with Crippen LogP contribution in [0.4, 0.5) is 0 Å². The van der Waals surface area contributed by atoms with Gasteiger partial charge in [-0.25, -0.2) is 14.8 Å². The highest BCUT2D eigenvalue weighted by atomic mass is 35.5. The summed E-state index contributed by atoms with van der Waals surface area (Å²) >= 11 is 5.93. The topological polar surface area (TPSA) is 52.7 Å². The lowest BCUT2D eigenvalue weighted by atomic mass is 10.00. The van der Waals surface area contributed by atoms with Gasteiger partial charge in [-0.2, -0.15) is 0 Å². The Labute approximate surface area is 138 Å². The van der Waals surface area contributed by atoms with Crippen molar-refractivity contribution in [3.05, 3.63) is 45.7 Å². The van der Waals surface area contributed by atoms with Gasteiger partial charge >= 0.3 is 5.69 Å². The van der Waals surface area contributed by atoms with Crippen LogP contribution < -0.4 is 5.69 Å². The maximum Gasteiger partial charge on any atom is 0.329 e. The SMILES string of the molecule is CC(C)n1c(=O)n2c3c(cc(-c4ccnc(Cl)n4)cc31)CCC2. The summed E-state index contributed by atoms with van der Waals surface area (Å²) in [5.74, 6) is 0. The van der Waals surface area contributed by atoms with Crippen LogP contribution >= 0.6 is 11.6 Å². The number of halogens is 1. The van der Waals surface area contributed by atoms with Crippen LogP contribution in [0.2, 0.25) is 5.28 Å². The minimum absolute atomic E-state index is 0.0776. The van der Waals surface area contributed by atoms with Crippen LogP contribution in [-0.2, 0) is 13.0 Å². The molecule has 1 aromatic carbocycles. The number of aromatic nitrogens is 4. The first-order chi connectivity index (χ1) is 11.1. The van der Waals surface area contributed by atoms with Gasteiger partial charge in [0, 0.05) is 24.3 Å². The van der Waals surface area contributed by atoms with Crippen molar-refractivity contribution in [3.63, 3.8) is 0 Å². The summed E-state index contributed by atoms with van der Waals surface area (Å²) in [7, 11) is 0. The van der Waals surface area contributed by atoms with Gasteiger partial charge in [-0.05, 0) is 62.1 Å². The van der Waals surface area contributed by atoms with E-state index in [1.807, 2.05) is 35.1 Å². The maximum atomic E-state index is 12.7. The fraction of sp³-hybridized carbons (Fsp3) is 0.353. The fourth-order valence-electron chi connectivity index (χ4n) is 3.47. The van der Waals surface area contributed by atoms with Gasteiger partial charge < -0.3 is 0 Å². The third-order valence-electron chi connectivity index (χ3n) is 4.40. The second-order valence-corrected chi connectivity index (χ2v) is 6.55. The minimum Gasteiger partial charge on any atom is -0.292 e. The van der Waals surface area contributed by atoms with E-state index in [0.29, 0.717) is 0 Å². The van der Waals surface area contributed by atoms with Gasteiger partial charge in [-0.3, -0.25) is 9.13 Å². The van der Waals surface area contributed by atoms with E-state index in [1.165, 1.54) is 5.56 Å². The smallest absolute Gasteiger partial charge is 0.292 e. The molecule has 3 heterocycles. The van der Waals surface area contributed by atoms with Gasteiger partial charge in [0.2, 0.25) is 5.28 Å². The average Bonchev–Trinajstić information content (AvgIpc) is 2.81. The predicted octanol–water partition coefficient (Wildman–Crippen LogP) is 3.44. The molecule has 0 radical (unpaired) electrons. The number of rotatable bonds is 2. The summed E-state index contributed by atoms with van der Waals surface area (Å²) in [6, 6.07) is 6.13. The van der Waals surface area contributed by atoms with Gasteiger partial charge in [0.15, 0.2) is 0 Å². The van der Waals surface area contributed by atoms with Crippen LogP contribution in [0, 0.1) is 0 Å². The molecule has 0 bridgehead atoms. The molecule has 4 rings (SSSR count). The van der Waals surface area contributed by atoms with E-state index in [2.05, 4.69) is 16.0 Å². The van der Waals surface area contributed by atoms with Crippen molar-refractivity contribution < 1.29 is 0 Å². The van der Waals surface area contributed by atoms with Gasteiger partial charge in [0.05, 0.1) is 16.7 Å². The molecule has 0 aliphatic carbocycles. The molecule has 0 atom stereocenters. The molecular formula is C17H17ClN4O. The molecule has 0 fully saturated rings. The van der Waals surface area contributed by atoms with Crippen LogP contribution in [0.25, 0.3) is 22.3 Å². The molecule has 23 heavy (non-hydrogen) atoms. The summed E-state index contributed by atoms with van der Waals surface area (Å²) in [6.45, 7) is 4.87. The van der Waals surface area contributed by atoms with Crippen LogP contribution in [0.15, 0.2) is 29.2 Å². The van der Waals surface area contributed by atoms with Crippen molar-refractivity contribution in [1.29, 1.82) is 0 Å². The predicted molar refractivity (Wildman–Crippen MR) is 90.9 cm³/mol. The van der Waals surface area contributed by atoms with Crippen LogP contribution in [0.5, 0.6) is 0 Å². The third kappa shape index (κ3) is 2.18. The van der Waals surface area contributed by atoms with Crippen molar-refractivity contribution in [1.82, 2.24) is 19.1 Å². The summed E-state index contributed by atoms with van der Waals surface area (Å²) in [6.07, 6.45) is 3.61. The summed E-state index contributed by atoms with van der Waals surface area (Å²) in [4.78, 5) is 21.0. The van der Waals surface area contributed by atoms with E-state index in [-0.39, 0.29) is 17.0 Å². The van der Waals surface area contributed by atoms with Gasteiger partial charge in [0.1, 0.15) is 0 Å². The highest BCUT2D eigenvalue weighted by Gasteiger charge is 2.22. The maximum absolute atomic E-state index is 12.7. The van der Waals surface area contributed by atoms with Crippen molar-refractivity contribution in [2.75, 3.05) is 0 Å². The molecule has 5 nitrogen and oxygen atoms in total. The van der Waals surface area contributed by atoms with Crippen LogP contribution in [0.3, 0.4) is 0 Å². The molecule has 0 N–H and O–H groups in total. The van der Waals surface area contributed by atoms with E-state index in [1.54, 1.807) is 6.20 Å². The van der Waals surface area contributed by atoms with Crippen molar-refractivity contribution in [2.24, 2.45) is 0 Å². The Balaban J connectivity index is 2.07. The van der Waals surface area contributed by atoms with Gasteiger partial charge in [0.25, 0.3) is 0 Å². The molecular weight excluding hydrogens is 312 g/mol. The number of benzene rings is 1. The lowest BCUT2D eigenvalue weighted by Crippen LogP contribution is -2.26. The van der Waals surface area contributed by atoms with Gasteiger partial charge in [-0.1, -0.05) is 0 Å². The third-order valence-corrected chi connectivity index (χ3v) is 4.58. The van der Waals surface area contributed by atoms with Crippen LogP contribution in [-0.4, -0.2) is 19.1 Å². The normalized spacial score (nSPS) is 13.9. The number of hydrogen-bond donors (Lipinski definition) is 0. The largest absolute Gasteiger partial charge is 0.329 e. The molecule has 0 saturated carbocycles. The first-order valence-corrected chi connectivity index (χ1v) is 8.20. The van der Waals surface area contributed by atoms with Crippen LogP contribution in [0.1, 0.15) is 31.9 Å². The molecule has 0 saturated heterocycles. The van der Waals surface area contributed by atoms with E-state index in [9.17, 15) is 4.79 Å². The van der Waals surface area contributed by atoms with E-state index in [0.717, 1.165) is 41.7 Å². The first-order valence-electron chi connectivity index (χ1n) is 7.83. The molecule has 118 valence electrons. The summed E-state index contributed by atoms with van der Waals surface area (Å²) in [5, 5.41) is 0.232. The van der Waals surface area contributed by atoms with E-state index in [4.69, 9.17) is 11.6 Å². The Morgan fingerprint density at radius 1 is 1.30 bits per heavy atom. The van der Waals surface area contributed by atoms with Crippen molar-refractivity contribution in [2.45, 2.75) is 39.3 Å². The Bertz CT molecular complexity index is 971.